The number of amides is 2. The van der Waals surface area contributed by atoms with E-state index in [-0.39, 0.29) is 23.3 Å². The van der Waals surface area contributed by atoms with Gasteiger partial charge in [0.05, 0.1) is 11.4 Å². The van der Waals surface area contributed by atoms with Crippen molar-refractivity contribution in [1.29, 1.82) is 0 Å². The number of benzene rings is 2. The van der Waals surface area contributed by atoms with Crippen LogP contribution in [0.4, 0.5) is 11.4 Å². The number of phenols is 1. The van der Waals surface area contributed by atoms with E-state index >= 15 is 0 Å². The molecular weight excluding hydrogens is 426 g/mol. The number of aromatic nitrogens is 2. The third kappa shape index (κ3) is 5.05. The van der Waals surface area contributed by atoms with Crippen LogP contribution in [-0.4, -0.2) is 63.3 Å². The Morgan fingerprint density at radius 1 is 1.06 bits per heavy atom. The molecule has 1 saturated heterocycles. The summed E-state index contributed by atoms with van der Waals surface area (Å²) in [6.45, 7) is 2.47. The Balaban J connectivity index is 1.28. The second-order valence-corrected chi connectivity index (χ2v) is 8.45. The minimum absolute atomic E-state index is 0.0369. The fourth-order valence-electron chi connectivity index (χ4n) is 3.58. The maximum Gasteiger partial charge on any atom is 0.253 e. The Labute approximate surface area is 190 Å². The van der Waals surface area contributed by atoms with Gasteiger partial charge in [-0.05, 0) is 36.4 Å². The molecule has 4 rings (SSSR count). The molecule has 2 aromatic carbocycles. The topological polar surface area (TPSA) is 90.7 Å². The SMILES string of the molecule is Cn1ccnc1SCC(=O)Nc1ccc(C(=O)N2CCN(c3ccccc3O)CC2)cc1. The molecule has 166 valence electrons. The van der Waals surface area contributed by atoms with Crippen molar-refractivity contribution in [2.24, 2.45) is 7.05 Å². The third-order valence-electron chi connectivity index (χ3n) is 5.31. The van der Waals surface area contributed by atoms with Gasteiger partial charge in [0.15, 0.2) is 5.16 Å². The molecule has 9 heteroatoms. The Kier molecular flexibility index (Phi) is 6.65. The first-order valence-electron chi connectivity index (χ1n) is 10.3. The number of hydrogen-bond donors (Lipinski definition) is 2. The first-order chi connectivity index (χ1) is 15.5. The number of hydrogen-bond acceptors (Lipinski definition) is 6. The first kappa shape index (κ1) is 21.8. The molecule has 1 fully saturated rings. The largest absolute Gasteiger partial charge is 0.506 e. The lowest BCUT2D eigenvalue weighted by molar-refractivity contribution is -0.113. The highest BCUT2D eigenvalue weighted by molar-refractivity contribution is 7.99. The van der Waals surface area contributed by atoms with Crippen molar-refractivity contribution in [3.05, 3.63) is 66.5 Å². The zero-order valence-electron chi connectivity index (χ0n) is 17.8. The van der Waals surface area contributed by atoms with Crippen molar-refractivity contribution >= 4 is 35.0 Å². The summed E-state index contributed by atoms with van der Waals surface area (Å²) in [7, 11) is 1.88. The van der Waals surface area contributed by atoms with Crippen LogP contribution in [0.1, 0.15) is 10.4 Å². The zero-order valence-corrected chi connectivity index (χ0v) is 18.6. The minimum atomic E-state index is -0.127. The summed E-state index contributed by atoms with van der Waals surface area (Å²) in [5.74, 6) is 0.345. The summed E-state index contributed by atoms with van der Waals surface area (Å²) in [4.78, 5) is 33.1. The Morgan fingerprint density at radius 3 is 2.44 bits per heavy atom. The van der Waals surface area contributed by atoms with Crippen molar-refractivity contribution in [1.82, 2.24) is 14.5 Å². The third-order valence-corrected chi connectivity index (χ3v) is 6.37. The monoisotopic (exact) mass is 451 g/mol. The average molecular weight is 452 g/mol. The van der Waals surface area contributed by atoms with Crippen molar-refractivity contribution in [3.63, 3.8) is 0 Å². The molecule has 0 radical (unpaired) electrons. The lowest BCUT2D eigenvalue weighted by Crippen LogP contribution is -2.48. The van der Waals surface area contributed by atoms with Crippen LogP contribution in [0.3, 0.4) is 0 Å². The van der Waals surface area contributed by atoms with E-state index in [1.165, 1.54) is 11.8 Å². The molecule has 2 amide bonds. The molecule has 0 bridgehead atoms. The van der Waals surface area contributed by atoms with E-state index in [1.807, 2.05) is 34.8 Å². The number of rotatable bonds is 6. The number of carbonyl (C=O) groups is 2. The molecule has 8 nitrogen and oxygen atoms in total. The molecular formula is C23H25N5O3S. The number of thioether (sulfide) groups is 1. The van der Waals surface area contributed by atoms with Crippen LogP contribution in [0.2, 0.25) is 0 Å². The molecule has 1 aliphatic heterocycles. The second kappa shape index (κ2) is 9.78. The maximum atomic E-state index is 12.9. The number of nitrogens with zero attached hydrogens (tertiary/aromatic N) is 4. The number of phenolic OH excluding ortho intramolecular Hbond substituents is 1. The summed E-state index contributed by atoms with van der Waals surface area (Å²) < 4.78 is 1.86. The molecule has 0 atom stereocenters. The van der Waals surface area contributed by atoms with Crippen LogP contribution in [0, 0.1) is 0 Å². The smallest absolute Gasteiger partial charge is 0.253 e. The number of imidazole rings is 1. The summed E-state index contributed by atoms with van der Waals surface area (Å²) in [6.07, 6.45) is 3.53. The summed E-state index contributed by atoms with van der Waals surface area (Å²) >= 11 is 1.37. The van der Waals surface area contributed by atoms with Gasteiger partial charge >= 0.3 is 0 Å². The van der Waals surface area contributed by atoms with Crippen molar-refractivity contribution in [2.75, 3.05) is 42.1 Å². The van der Waals surface area contributed by atoms with Crippen LogP contribution >= 0.6 is 11.8 Å². The number of anilines is 2. The van der Waals surface area contributed by atoms with Crippen molar-refractivity contribution in [3.8, 4) is 5.75 Å². The van der Waals surface area contributed by atoms with Gasteiger partial charge in [-0.3, -0.25) is 9.59 Å². The van der Waals surface area contributed by atoms with Crippen LogP contribution in [0.5, 0.6) is 5.75 Å². The average Bonchev–Trinajstić information content (AvgIpc) is 3.23. The Hall–Kier alpha value is -3.46. The van der Waals surface area contributed by atoms with E-state index in [1.54, 1.807) is 42.6 Å². The summed E-state index contributed by atoms with van der Waals surface area (Å²) in [5.41, 5.74) is 2.03. The van der Waals surface area contributed by atoms with E-state index < -0.39 is 0 Å². The van der Waals surface area contributed by atoms with Crippen LogP contribution in [0.15, 0.2) is 66.1 Å². The van der Waals surface area contributed by atoms with Gasteiger partial charge in [0.25, 0.3) is 5.91 Å². The highest BCUT2D eigenvalue weighted by Gasteiger charge is 2.23. The normalized spacial score (nSPS) is 13.8. The van der Waals surface area contributed by atoms with E-state index in [0.29, 0.717) is 37.4 Å². The number of para-hydroxylation sites is 2. The molecule has 3 aromatic rings. The molecule has 1 aromatic heterocycles. The molecule has 2 heterocycles. The minimum Gasteiger partial charge on any atom is -0.506 e. The molecule has 2 N–H and O–H groups in total. The lowest BCUT2D eigenvalue weighted by atomic mass is 10.1. The molecule has 1 aliphatic rings. The van der Waals surface area contributed by atoms with Gasteiger partial charge in [0.1, 0.15) is 5.75 Å². The number of piperazine rings is 1. The lowest BCUT2D eigenvalue weighted by Gasteiger charge is -2.36. The summed E-state index contributed by atoms with van der Waals surface area (Å²) in [6, 6.07) is 14.2. The Morgan fingerprint density at radius 2 is 1.78 bits per heavy atom. The molecule has 0 aliphatic carbocycles. The molecule has 0 unspecified atom stereocenters. The van der Waals surface area contributed by atoms with E-state index in [4.69, 9.17) is 0 Å². The van der Waals surface area contributed by atoms with Gasteiger partial charge < -0.3 is 24.8 Å². The summed E-state index contributed by atoms with van der Waals surface area (Å²) in [5, 5.41) is 13.7. The predicted octanol–water partition coefficient (Wildman–Crippen LogP) is 2.82. The predicted molar refractivity (Wildman–Crippen MR) is 125 cm³/mol. The molecule has 0 saturated carbocycles. The highest BCUT2D eigenvalue weighted by atomic mass is 32.2. The van der Waals surface area contributed by atoms with E-state index in [9.17, 15) is 14.7 Å². The maximum absolute atomic E-state index is 12.9. The van der Waals surface area contributed by atoms with E-state index in [0.717, 1.165) is 10.8 Å². The zero-order chi connectivity index (χ0) is 22.5. The van der Waals surface area contributed by atoms with Gasteiger partial charge in [-0.25, -0.2) is 4.98 Å². The Bertz CT molecular complexity index is 1090. The van der Waals surface area contributed by atoms with Crippen molar-refractivity contribution in [2.45, 2.75) is 5.16 Å². The van der Waals surface area contributed by atoms with Gasteiger partial charge in [-0.2, -0.15) is 0 Å². The van der Waals surface area contributed by atoms with Crippen LogP contribution < -0.4 is 10.2 Å². The molecule has 0 spiro atoms. The number of carbonyl (C=O) groups excluding carboxylic acids is 2. The standard InChI is InChI=1S/C23H25N5O3S/c1-26-11-10-24-23(26)32-16-21(30)25-18-8-6-17(7-9-18)22(31)28-14-12-27(13-15-28)19-4-2-3-5-20(19)29/h2-11,29H,12-16H2,1H3,(H,25,30). The van der Waals surface area contributed by atoms with E-state index in [2.05, 4.69) is 15.2 Å². The highest BCUT2D eigenvalue weighted by Crippen LogP contribution is 2.27. The quantitative estimate of drug-likeness (QED) is 0.560. The molecule has 32 heavy (non-hydrogen) atoms. The number of aryl methyl sites for hydroxylation is 1. The number of nitrogens with one attached hydrogen (secondary N) is 1. The second-order valence-electron chi connectivity index (χ2n) is 7.50. The van der Waals surface area contributed by atoms with Gasteiger partial charge in [0, 0.05) is 56.9 Å². The van der Waals surface area contributed by atoms with Gasteiger partial charge in [-0.1, -0.05) is 23.9 Å². The van der Waals surface area contributed by atoms with Crippen molar-refractivity contribution < 1.29 is 14.7 Å². The first-order valence-corrected chi connectivity index (χ1v) is 11.3. The van der Waals surface area contributed by atoms with Gasteiger partial charge in [-0.15, -0.1) is 0 Å². The fraction of sp³-hybridized carbons (Fsp3) is 0.261. The number of aromatic hydroxyl groups is 1. The van der Waals surface area contributed by atoms with Crippen LogP contribution in [0.25, 0.3) is 0 Å². The van der Waals surface area contributed by atoms with Crippen LogP contribution in [-0.2, 0) is 11.8 Å². The fourth-order valence-corrected chi connectivity index (χ4v) is 4.31. The van der Waals surface area contributed by atoms with Gasteiger partial charge in [0.2, 0.25) is 5.91 Å².